The highest BCUT2D eigenvalue weighted by atomic mass is 16.5. The molecule has 92 heavy (non-hydrogen) atoms. The number of hydrogen-bond donors (Lipinski definition) is 5. The van der Waals surface area contributed by atoms with Crippen LogP contribution < -0.4 is 21.3 Å². The van der Waals surface area contributed by atoms with Gasteiger partial charge in [-0.25, -0.2) is 9.97 Å². The third-order valence-corrected chi connectivity index (χ3v) is 16.7. The second-order valence-corrected chi connectivity index (χ2v) is 23.3. The summed E-state index contributed by atoms with van der Waals surface area (Å²) in [5.74, 6) is -1.52. The number of rotatable bonds is 18. The van der Waals surface area contributed by atoms with Gasteiger partial charge in [-0.1, -0.05) is 72.3 Å². The number of benzene rings is 4. The summed E-state index contributed by atoms with van der Waals surface area (Å²) < 4.78 is 14.0. The number of pyridine rings is 2. The lowest BCUT2D eigenvalue weighted by atomic mass is 9.92. The van der Waals surface area contributed by atoms with E-state index in [-0.39, 0.29) is 96.3 Å². The number of aliphatic carboxylic acids is 1. The van der Waals surface area contributed by atoms with E-state index in [9.17, 15) is 47.9 Å². The molecule has 484 valence electrons. The molecule has 2 heterocycles. The normalized spacial score (nSPS) is 17.1. The minimum Gasteiger partial charge on any atom is -0.481 e. The van der Waals surface area contributed by atoms with Crippen molar-refractivity contribution in [3.05, 3.63) is 178 Å². The fraction of sp³-hybridized carbons (Fsp3) is 0.389. The quantitative estimate of drug-likeness (QED) is 0.0304. The molecule has 4 aliphatic rings. The Morgan fingerprint density at radius 2 is 0.772 bits per heavy atom. The van der Waals surface area contributed by atoms with Crippen molar-refractivity contribution in [1.82, 2.24) is 9.97 Å². The van der Waals surface area contributed by atoms with Crippen LogP contribution >= 0.6 is 0 Å². The maximum Gasteiger partial charge on any atom is 0.306 e. The molecule has 2 amide bonds. The summed E-state index contributed by atoms with van der Waals surface area (Å²) in [5.41, 5.74) is 11.5. The average Bonchev–Trinajstić information content (AvgIpc) is 1.73. The minimum absolute atomic E-state index is 0.00946. The number of hydrogen-bond acceptors (Lipinski definition) is 17. The maximum atomic E-state index is 12.3. The van der Waals surface area contributed by atoms with E-state index in [0.29, 0.717) is 102 Å². The van der Waals surface area contributed by atoms with E-state index in [4.69, 9.17) is 9.84 Å². The molecule has 0 saturated heterocycles. The summed E-state index contributed by atoms with van der Waals surface area (Å²) in [6.45, 7) is 3.01. The van der Waals surface area contributed by atoms with Crippen LogP contribution in [0.1, 0.15) is 114 Å². The van der Waals surface area contributed by atoms with Crippen molar-refractivity contribution >= 4 is 81.8 Å². The number of nitrogens with zero attached hydrogens (tertiary/aromatic N) is 2. The third-order valence-electron chi connectivity index (χ3n) is 16.7. The van der Waals surface area contributed by atoms with Gasteiger partial charge in [-0.05, 0) is 151 Å². The van der Waals surface area contributed by atoms with Gasteiger partial charge in [0, 0.05) is 99.1 Å². The summed E-state index contributed by atoms with van der Waals surface area (Å²) in [4.78, 5) is 126. The number of aromatic nitrogens is 2. The number of carboxylic acids is 1. The van der Waals surface area contributed by atoms with Crippen LogP contribution in [0.4, 0.5) is 23.0 Å². The van der Waals surface area contributed by atoms with Crippen molar-refractivity contribution in [1.29, 1.82) is 0 Å². The molecule has 0 aliphatic heterocycles. The Morgan fingerprint density at radius 1 is 0.424 bits per heavy atom. The number of esters is 3. The zero-order chi connectivity index (χ0) is 65.9. The molecule has 0 radical (unpaired) electrons. The van der Waals surface area contributed by atoms with Crippen LogP contribution in [0, 0.1) is 30.6 Å². The summed E-state index contributed by atoms with van der Waals surface area (Å²) >= 11 is 0. The lowest BCUT2D eigenvalue weighted by molar-refractivity contribution is -0.144. The van der Waals surface area contributed by atoms with Gasteiger partial charge >= 0.3 is 23.9 Å². The molecule has 4 atom stereocenters. The van der Waals surface area contributed by atoms with Crippen LogP contribution in [0.25, 0.3) is 0 Å². The van der Waals surface area contributed by atoms with Gasteiger partial charge in [0.1, 0.15) is 34.8 Å². The van der Waals surface area contributed by atoms with Gasteiger partial charge in [0.15, 0.2) is 0 Å². The van der Waals surface area contributed by atoms with E-state index in [0.717, 1.165) is 46.7 Å². The molecule has 20 heteroatoms. The molecule has 5 N–H and O–H groups in total. The Balaban J connectivity index is 0.000000179. The van der Waals surface area contributed by atoms with Crippen LogP contribution in [-0.4, -0.2) is 108 Å². The smallest absolute Gasteiger partial charge is 0.306 e. The summed E-state index contributed by atoms with van der Waals surface area (Å²) in [6.07, 6.45) is 11.1. The number of carbonyl (C=O) groups is 10. The highest BCUT2D eigenvalue weighted by molar-refractivity contribution is 5.93. The number of aryl methyl sites for hydroxylation is 5. The molecule has 0 bridgehead atoms. The van der Waals surface area contributed by atoms with Gasteiger partial charge < -0.3 is 40.6 Å². The summed E-state index contributed by atoms with van der Waals surface area (Å²) in [5, 5.41) is 21.0. The van der Waals surface area contributed by atoms with Crippen LogP contribution in [0.2, 0.25) is 0 Å². The second-order valence-electron chi connectivity index (χ2n) is 23.3. The van der Waals surface area contributed by atoms with Crippen molar-refractivity contribution < 1.29 is 67.3 Å². The molecule has 2 aromatic heterocycles. The standard InChI is InChI=1S/C22H25N3O4.C21H23N3O4.C15H18O3.C14H16O3/c1-29-22(28)14-17-12-15-5-7-18(13-16(15)6-8-19(17)26)25-21(27)9-11-24-20-4-2-3-10-23-20;25-18-7-5-15-12-17(6-4-14(15)11-16(18)13-21(27)28)24-20(26)8-10-23-19-3-1-2-9-22-19;1-10-3-4-12-8-13(9-15(17)18-2)14(16)6-5-11(12)7-10;1-17-14(16)9-12-8-11-5-3-2-4-10(11)6-7-13(12)15/h2-5,7,10,13,17H,6,8-9,11-12,14H2,1H3,(H,23,24)(H,25,27);1-4,6,9,12,16H,5,7-8,10-11,13H2,(H,22,23)(H,24,26)(H,27,28);3-4,7,13H,5-6,8-9H2,1-2H3;2-5,12H,6-9H2,1H3. The zero-order valence-electron chi connectivity index (χ0n) is 52.7. The molecular weight excluding hydrogens is 1170 g/mol. The first-order chi connectivity index (χ1) is 44.4. The predicted molar refractivity (Wildman–Crippen MR) is 347 cm³/mol. The highest BCUT2D eigenvalue weighted by Crippen LogP contribution is 2.31. The second kappa shape index (κ2) is 35.6. The topological polar surface area (TPSA) is 293 Å². The number of nitrogens with one attached hydrogen (secondary N) is 4. The molecule has 6 aromatic rings. The van der Waals surface area contributed by atoms with E-state index in [1.807, 2.05) is 84.9 Å². The Bertz CT molecular complexity index is 3580. The maximum absolute atomic E-state index is 12.3. The number of Topliss-reactive ketones (excluding diaryl/α,β-unsaturated/α-hetero) is 4. The average molecular weight is 1260 g/mol. The summed E-state index contributed by atoms with van der Waals surface area (Å²) in [7, 11) is 4.05. The van der Waals surface area contributed by atoms with E-state index in [2.05, 4.69) is 71.9 Å². The summed E-state index contributed by atoms with van der Waals surface area (Å²) in [6, 6.07) is 36.7. The van der Waals surface area contributed by atoms with Gasteiger partial charge in [-0.3, -0.25) is 47.9 Å². The first-order valence-electron chi connectivity index (χ1n) is 31.2. The molecular formula is C72H82N6O14. The van der Waals surface area contributed by atoms with Crippen LogP contribution in [0.3, 0.4) is 0 Å². The Labute approximate surface area is 536 Å². The Kier molecular flexibility index (Phi) is 27.0. The number of carboxylic acid groups (broad SMARTS) is 1. The Morgan fingerprint density at radius 3 is 1.15 bits per heavy atom. The fourth-order valence-corrected chi connectivity index (χ4v) is 11.6. The van der Waals surface area contributed by atoms with Gasteiger partial charge in [-0.15, -0.1) is 0 Å². The van der Waals surface area contributed by atoms with Crippen molar-refractivity contribution in [3.63, 3.8) is 0 Å². The molecule has 0 saturated carbocycles. The van der Waals surface area contributed by atoms with E-state index in [1.54, 1.807) is 18.5 Å². The molecule has 0 fully saturated rings. The first kappa shape index (κ1) is 69.7. The molecule has 10 rings (SSSR count). The molecule has 4 unspecified atom stereocenters. The number of methoxy groups -OCH3 is 3. The van der Waals surface area contributed by atoms with Crippen molar-refractivity contribution in [2.24, 2.45) is 23.7 Å². The number of anilines is 4. The van der Waals surface area contributed by atoms with Crippen LogP contribution in [0.5, 0.6) is 0 Å². The van der Waals surface area contributed by atoms with Gasteiger partial charge in [0.25, 0.3) is 0 Å². The van der Waals surface area contributed by atoms with Crippen LogP contribution in [-0.2, 0) is 114 Å². The largest absolute Gasteiger partial charge is 0.481 e. The lowest BCUT2D eigenvalue weighted by Gasteiger charge is -2.13. The minimum atomic E-state index is -0.954. The van der Waals surface area contributed by atoms with Crippen molar-refractivity contribution in [2.75, 3.05) is 55.7 Å². The predicted octanol–water partition coefficient (Wildman–Crippen LogP) is 9.59. The number of amides is 2. The van der Waals surface area contributed by atoms with E-state index in [1.165, 1.54) is 49.1 Å². The highest BCUT2D eigenvalue weighted by Gasteiger charge is 2.30. The Hall–Kier alpha value is -9.72. The lowest BCUT2D eigenvalue weighted by Crippen LogP contribution is -2.20. The SMILES string of the molecule is COC(=O)CC1Cc2ccc(C)cc2CCC1=O.COC(=O)CC1Cc2ccc(NC(=O)CCNc3ccccn3)cc2CCC1=O.COC(=O)CC1Cc2ccccc2CCC1=O.O=C(O)CC1Cc2ccc(NC(=O)CCNc3ccccn3)cc2CCC1=O. The molecule has 20 nitrogen and oxygen atoms in total. The number of carbonyl (C=O) groups excluding carboxylic acids is 9. The van der Waals surface area contributed by atoms with E-state index < -0.39 is 11.9 Å². The van der Waals surface area contributed by atoms with Crippen LogP contribution in [0.15, 0.2) is 128 Å². The van der Waals surface area contributed by atoms with Gasteiger partial charge in [-0.2, -0.15) is 0 Å². The van der Waals surface area contributed by atoms with E-state index >= 15 is 0 Å². The first-order valence-corrected chi connectivity index (χ1v) is 31.2. The van der Waals surface area contributed by atoms with Gasteiger partial charge in [0.05, 0.1) is 47.0 Å². The number of ether oxygens (including phenoxy) is 3. The number of fused-ring (bicyclic) bond motifs is 4. The zero-order valence-corrected chi connectivity index (χ0v) is 52.7. The molecule has 0 spiro atoms. The molecule has 4 aliphatic carbocycles. The van der Waals surface area contributed by atoms with Gasteiger partial charge in [0.2, 0.25) is 11.8 Å². The van der Waals surface area contributed by atoms with Crippen molar-refractivity contribution in [2.45, 2.75) is 122 Å². The monoisotopic (exact) mass is 1250 g/mol. The number of ketones is 4. The molecule has 4 aromatic carbocycles. The fourth-order valence-electron chi connectivity index (χ4n) is 11.6. The van der Waals surface area contributed by atoms with Crippen molar-refractivity contribution in [3.8, 4) is 0 Å². The third kappa shape index (κ3) is 22.3.